The molecule has 1 spiro atoms. The molecule has 200 valence electrons. The highest BCUT2D eigenvalue weighted by Crippen LogP contribution is 2.72. The number of hydrogen-bond acceptors (Lipinski definition) is 6. The van der Waals surface area contributed by atoms with Gasteiger partial charge in [0.1, 0.15) is 0 Å². The second-order valence-electron chi connectivity index (χ2n) is 12.7. The summed E-state index contributed by atoms with van der Waals surface area (Å²) < 4.78 is 36.1. The van der Waals surface area contributed by atoms with Gasteiger partial charge in [0.15, 0.2) is 0 Å². The maximum Gasteiger partial charge on any atom is 0.311 e. The first-order chi connectivity index (χ1) is 17.0. The largest absolute Gasteiger partial charge is 0.469 e. The van der Waals surface area contributed by atoms with Crippen LogP contribution in [0, 0.1) is 46.8 Å². The molecule has 8 atom stereocenters. The lowest BCUT2D eigenvalue weighted by atomic mass is 9.35. The van der Waals surface area contributed by atoms with Crippen LogP contribution in [-0.2, 0) is 23.8 Å². The van der Waals surface area contributed by atoms with Crippen molar-refractivity contribution < 1.29 is 27.2 Å². The Kier molecular flexibility index (Phi) is 6.61. The maximum atomic E-state index is 12.9. The second-order valence-corrected chi connectivity index (χ2v) is 14.3. The molecule has 1 aromatic carbocycles. The van der Waals surface area contributed by atoms with Gasteiger partial charge in [-0.2, -0.15) is 8.42 Å². The maximum absolute atomic E-state index is 12.9. The second kappa shape index (κ2) is 9.09. The fourth-order valence-corrected chi connectivity index (χ4v) is 10.3. The highest BCUT2D eigenvalue weighted by Gasteiger charge is 2.68. The van der Waals surface area contributed by atoms with Gasteiger partial charge in [-0.05, 0) is 112 Å². The Morgan fingerprint density at radius 1 is 1.06 bits per heavy atom. The summed E-state index contributed by atoms with van der Waals surface area (Å²) in [5, 5.41) is 11.8. The Balaban J connectivity index is 1.32. The fourth-order valence-electron chi connectivity index (χ4n) is 9.41. The Hall–Kier alpha value is -1.44. The lowest BCUT2D eigenvalue weighted by molar-refractivity contribution is -0.246. The lowest BCUT2D eigenvalue weighted by Gasteiger charge is -2.70. The summed E-state index contributed by atoms with van der Waals surface area (Å²) in [6.07, 6.45) is 8.10. The summed E-state index contributed by atoms with van der Waals surface area (Å²) in [4.78, 5) is 13.1. The first kappa shape index (κ1) is 26.2. The third kappa shape index (κ3) is 3.87. The summed E-state index contributed by atoms with van der Waals surface area (Å²) in [5.74, 6) is 0.990. The number of fused-ring (bicyclic) bond motifs is 3. The predicted octanol–water partition coefficient (Wildman–Crippen LogP) is 5.26. The standard InChI is InChI=1S/C29H42O6S/c1-19-6-8-21(9-7-19)36(32,33)35-17-12-22-20-10-15-29(25(22)30)16-11-23-27(2,24(29)18-20)13-5-14-28(23,3)26(31)34-4/h6-9,20,22-25,30H,5,10-18H2,1-4H3/t20-,22+,23+,24+,25-,27-,28-,29+/m1/s1. The molecule has 6 nitrogen and oxygen atoms in total. The van der Waals surface area contributed by atoms with Crippen LogP contribution in [-0.4, -0.2) is 39.3 Å². The van der Waals surface area contributed by atoms with Gasteiger partial charge in [0.2, 0.25) is 0 Å². The average Bonchev–Trinajstić information content (AvgIpc) is 2.85. The van der Waals surface area contributed by atoms with Gasteiger partial charge in [-0.1, -0.05) is 31.0 Å². The SMILES string of the molecule is COC(=O)[C@]1(C)CCC[C@@]2(C)[C@@H]3C[C@H]4CC[C@@]3(CC[C@@H]21)[C@H](O)[C@H]4CCOS(=O)(=O)c1ccc(C)cc1. The fraction of sp³-hybridized carbons (Fsp3) is 0.759. The van der Waals surface area contributed by atoms with E-state index in [1.165, 1.54) is 7.11 Å². The van der Waals surface area contributed by atoms with Crippen LogP contribution >= 0.6 is 0 Å². The third-order valence-corrected chi connectivity index (χ3v) is 12.5. The van der Waals surface area contributed by atoms with E-state index >= 15 is 0 Å². The van der Waals surface area contributed by atoms with Crippen LogP contribution in [0.25, 0.3) is 0 Å². The number of ether oxygens (including phenoxy) is 1. The van der Waals surface area contributed by atoms with E-state index in [0.717, 1.165) is 56.9 Å². The molecule has 2 bridgehead atoms. The topological polar surface area (TPSA) is 89.9 Å². The zero-order chi connectivity index (χ0) is 25.9. The zero-order valence-corrected chi connectivity index (χ0v) is 23.0. The first-order valence-electron chi connectivity index (χ1n) is 13.7. The minimum Gasteiger partial charge on any atom is -0.469 e. The van der Waals surface area contributed by atoms with E-state index in [9.17, 15) is 18.3 Å². The van der Waals surface area contributed by atoms with Gasteiger partial charge in [0.05, 0.1) is 30.1 Å². The number of aryl methyl sites for hydroxylation is 1. The summed E-state index contributed by atoms with van der Waals surface area (Å²) in [7, 11) is -2.31. The molecule has 0 radical (unpaired) electrons. The Morgan fingerprint density at radius 2 is 1.75 bits per heavy atom. The normalized spacial score (nSPS) is 41.9. The van der Waals surface area contributed by atoms with Crippen LogP contribution in [0.1, 0.15) is 77.2 Å². The van der Waals surface area contributed by atoms with E-state index < -0.39 is 21.6 Å². The highest BCUT2D eigenvalue weighted by atomic mass is 32.2. The van der Waals surface area contributed by atoms with E-state index in [1.54, 1.807) is 24.3 Å². The molecule has 5 fully saturated rings. The number of aliphatic hydroxyl groups is 1. The van der Waals surface area contributed by atoms with Crippen molar-refractivity contribution in [3.8, 4) is 0 Å². The molecule has 5 saturated carbocycles. The van der Waals surface area contributed by atoms with Crippen molar-refractivity contribution in [1.82, 2.24) is 0 Å². The molecule has 36 heavy (non-hydrogen) atoms. The molecule has 0 unspecified atom stereocenters. The molecule has 1 aromatic rings. The molecule has 1 N–H and O–H groups in total. The van der Waals surface area contributed by atoms with Crippen molar-refractivity contribution in [2.75, 3.05) is 13.7 Å². The van der Waals surface area contributed by atoms with Crippen LogP contribution in [0.15, 0.2) is 29.2 Å². The van der Waals surface area contributed by atoms with Crippen molar-refractivity contribution in [2.24, 2.45) is 39.9 Å². The summed E-state index contributed by atoms with van der Waals surface area (Å²) >= 11 is 0. The van der Waals surface area contributed by atoms with E-state index in [-0.39, 0.29) is 40.1 Å². The minimum absolute atomic E-state index is 0.00927. The first-order valence-corrected chi connectivity index (χ1v) is 15.1. The van der Waals surface area contributed by atoms with Gasteiger partial charge in [-0.3, -0.25) is 8.98 Å². The molecule has 7 heteroatoms. The summed E-state index contributed by atoms with van der Waals surface area (Å²) in [6, 6.07) is 6.70. The van der Waals surface area contributed by atoms with Gasteiger partial charge in [0, 0.05) is 0 Å². The number of benzene rings is 1. The van der Waals surface area contributed by atoms with Crippen LogP contribution in [0.5, 0.6) is 0 Å². The molecule has 0 aliphatic heterocycles. The number of esters is 1. The molecular weight excluding hydrogens is 476 g/mol. The number of methoxy groups -OCH3 is 1. The van der Waals surface area contributed by atoms with E-state index in [0.29, 0.717) is 18.3 Å². The molecule has 0 amide bonds. The number of rotatable bonds is 6. The zero-order valence-electron chi connectivity index (χ0n) is 22.2. The van der Waals surface area contributed by atoms with Crippen LogP contribution in [0.4, 0.5) is 0 Å². The smallest absolute Gasteiger partial charge is 0.311 e. The van der Waals surface area contributed by atoms with Crippen LogP contribution in [0.2, 0.25) is 0 Å². The average molecular weight is 519 g/mol. The van der Waals surface area contributed by atoms with Crippen LogP contribution < -0.4 is 0 Å². The molecule has 5 aliphatic rings. The molecular formula is C29H42O6S. The molecule has 0 heterocycles. The monoisotopic (exact) mass is 518 g/mol. The third-order valence-electron chi connectivity index (χ3n) is 11.1. The molecule has 0 saturated heterocycles. The van der Waals surface area contributed by atoms with Gasteiger partial charge < -0.3 is 9.84 Å². The number of hydrogen-bond donors (Lipinski definition) is 1. The number of carbonyl (C=O) groups excluding carboxylic acids is 1. The quantitative estimate of drug-likeness (QED) is 0.408. The van der Waals surface area contributed by atoms with Crippen molar-refractivity contribution in [3.05, 3.63) is 29.8 Å². The van der Waals surface area contributed by atoms with Crippen molar-refractivity contribution in [3.63, 3.8) is 0 Å². The molecule has 6 rings (SSSR count). The van der Waals surface area contributed by atoms with Gasteiger partial charge >= 0.3 is 5.97 Å². The van der Waals surface area contributed by atoms with E-state index in [1.807, 2.05) is 6.92 Å². The van der Waals surface area contributed by atoms with E-state index in [2.05, 4.69) is 13.8 Å². The highest BCUT2D eigenvalue weighted by molar-refractivity contribution is 7.86. The minimum atomic E-state index is -3.81. The number of aliphatic hydroxyl groups excluding tert-OH is 1. The summed E-state index contributed by atoms with van der Waals surface area (Å²) in [5.41, 5.74) is 0.407. The van der Waals surface area contributed by atoms with Crippen molar-refractivity contribution in [1.29, 1.82) is 0 Å². The van der Waals surface area contributed by atoms with Gasteiger partial charge in [-0.25, -0.2) is 0 Å². The Labute approximate surface area is 216 Å². The lowest BCUT2D eigenvalue weighted by Crippen LogP contribution is -2.66. The van der Waals surface area contributed by atoms with E-state index in [4.69, 9.17) is 8.92 Å². The Morgan fingerprint density at radius 3 is 2.44 bits per heavy atom. The molecule has 5 aliphatic carbocycles. The number of carbonyl (C=O) groups is 1. The molecule has 0 aromatic heterocycles. The Bertz CT molecular complexity index is 1100. The predicted molar refractivity (Wildman–Crippen MR) is 136 cm³/mol. The van der Waals surface area contributed by atoms with Crippen molar-refractivity contribution >= 4 is 16.1 Å². The van der Waals surface area contributed by atoms with Crippen molar-refractivity contribution in [2.45, 2.75) is 89.6 Å². The van der Waals surface area contributed by atoms with Gasteiger partial charge in [-0.15, -0.1) is 0 Å². The van der Waals surface area contributed by atoms with Crippen LogP contribution in [0.3, 0.4) is 0 Å². The summed E-state index contributed by atoms with van der Waals surface area (Å²) in [6.45, 7) is 6.49. The van der Waals surface area contributed by atoms with Gasteiger partial charge in [0.25, 0.3) is 10.1 Å².